The topological polar surface area (TPSA) is 53.1 Å². The van der Waals surface area contributed by atoms with E-state index in [9.17, 15) is 4.39 Å². The van der Waals surface area contributed by atoms with E-state index in [0.717, 1.165) is 11.4 Å². The van der Waals surface area contributed by atoms with E-state index in [2.05, 4.69) is 5.10 Å². The molecule has 1 aromatic heterocycles. The maximum atomic E-state index is 14.6. The molecule has 1 rings (SSSR count). The first-order valence-corrected chi connectivity index (χ1v) is 5.88. The SMILES string of the molecule is COCC(F)(CCCN)Cc1cc(C)nn1C. The lowest BCUT2D eigenvalue weighted by atomic mass is 9.94. The molecule has 2 N–H and O–H groups in total. The van der Waals surface area contributed by atoms with Crippen LogP contribution < -0.4 is 5.73 Å². The zero-order valence-electron chi connectivity index (χ0n) is 10.9. The van der Waals surface area contributed by atoms with Gasteiger partial charge in [0.2, 0.25) is 0 Å². The average molecular weight is 243 g/mol. The van der Waals surface area contributed by atoms with Crippen molar-refractivity contribution < 1.29 is 9.13 Å². The number of aryl methyl sites for hydroxylation is 2. The van der Waals surface area contributed by atoms with Crippen molar-refractivity contribution in [1.82, 2.24) is 9.78 Å². The van der Waals surface area contributed by atoms with E-state index < -0.39 is 5.67 Å². The van der Waals surface area contributed by atoms with Crippen LogP contribution in [-0.4, -0.2) is 35.7 Å². The highest BCUT2D eigenvalue weighted by Gasteiger charge is 2.30. The van der Waals surface area contributed by atoms with E-state index in [-0.39, 0.29) is 6.61 Å². The quantitative estimate of drug-likeness (QED) is 0.787. The van der Waals surface area contributed by atoms with Crippen LogP contribution in [0.15, 0.2) is 6.07 Å². The van der Waals surface area contributed by atoms with Gasteiger partial charge in [-0.25, -0.2) is 4.39 Å². The standard InChI is InChI=1S/C12H22FN3O/c1-10-7-11(16(2)15-10)8-12(13,9-17-3)5-4-6-14/h7H,4-6,8-9,14H2,1-3H3. The smallest absolute Gasteiger partial charge is 0.139 e. The van der Waals surface area contributed by atoms with Crippen LogP contribution in [0.1, 0.15) is 24.2 Å². The Balaban J connectivity index is 2.74. The van der Waals surface area contributed by atoms with Gasteiger partial charge in [0, 0.05) is 26.3 Å². The molecule has 0 aliphatic carbocycles. The highest BCUT2D eigenvalue weighted by atomic mass is 19.1. The van der Waals surface area contributed by atoms with Crippen LogP contribution in [0.3, 0.4) is 0 Å². The molecule has 0 aliphatic rings. The van der Waals surface area contributed by atoms with E-state index >= 15 is 0 Å². The molecule has 0 fully saturated rings. The van der Waals surface area contributed by atoms with E-state index in [4.69, 9.17) is 10.5 Å². The van der Waals surface area contributed by atoms with Gasteiger partial charge in [0.05, 0.1) is 12.3 Å². The molecule has 17 heavy (non-hydrogen) atoms. The van der Waals surface area contributed by atoms with Gasteiger partial charge in [-0.05, 0) is 32.4 Å². The van der Waals surface area contributed by atoms with Crippen LogP contribution in [0, 0.1) is 6.92 Å². The Kier molecular flexibility index (Phi) is 5.08. The highest BCUT2D eigenvalue weighted by Crippen LogP contribution is 2.24. The van der Waals surface area contributed by atoms with Gasteiger partial charge in [0.15, 0.2) is 0 Å². The maximum absolute atomic E-state index is 14.6. The molecule has 0 bridgehead atoms. The van der Waals surface area contributed by atoms with Gasteiger partial charge in [-0.2, -0.15) is 5.10 Å². The predicted molar refractivity (Wildman–Crippen MR) is 65.7 cm³/mol. The molecule has 0 aromatic carbocycles. The number of alkyl halides is 1. The van der Waals surface area contributed by atoms with Crippen molar-refractivity contribution in [3.8, 4) is 0 Å². The van der Waals surface area contributed by atoms with Crippen molar-refractivity contribution >= 4 is 0 Å². The van der Waals surface area contributed by atoms with Crippen LogP contribution in [-0.2, 0) is 18.2 Å². The second kappa shape index (κ2) is 6.12. The Morgan fingerprint density at radius 1 is 1.59 bits per heavy atom. The summed E-state index contributed by atoms with van der Waals surface area (Å²) in [5.41, 5.74) is 5.87. The van der Waals surface area contributed by atoms with Crippen LogP contribution >= 0.6 is 0 Å². The normalized spacial score (nSPS) is 14.9. The molecule has 5 heteroatoms. The summed E-state index contributed by atoms with van der Waals surface area (Å²) in [4.78, 5) is 0. The van der Waals surface area contributed by atoms with Gasteiger partial charge in [-0.15, -0.1) is 0 Å². The summed E-state index contributed by atoms with van der Waals surface area (Å²) in [7, 11) is 3.35. The second-order valence-electron chi connectivity index (χ2n) is 4.55. The summed E-state index contributed by atoms with van der Waals surface area (Å²) in [6.45, 7) is 2.50. The summed E-state index contributed by atoms with van der Waals surface area (Å²) < 4.78 is 21.3. The molecule has 1 unspecified atom stereocenters. The maximum Gasteiger partial charge on any atom is 0.139 e. The molecule has 0 radical (unpaired) electrons. The summed E-state index contributed by atoms with van der Waals surface area (Å²) in [5, 5.41) is 4.22. The van der Waals surface area contributed by atoms with Gasteiger partial charge >= 0.3 is 0 Å². The molecule has 1 heterocycles. The molecule has 1 atom stereocenters. The lowest BCUT2D eigenvalue weighted by Gasteiger charge is -2.24. The van der Waals surface area contributed by atoms with Gasteiger partial charge in [0.25, 0.3) is 0 Å². The van der Waals surface area contributed by atoms with E-state index in [1.807, 2.05) is 20.0 Å². The Morgan fingerprint density at radius 3 is 2.76 bits per heavy atom. The number of ether oxygens (including phenoxy) is 1. The lowest BCUT2D eigenvalue weighted by molar-refractivity contribution is 0.0321. The second-order valence-corrected chi connectivity index (χ2v) is 4.55. The summed E-state index contributed by atoms with van der Waals surface area (Å²) >= 11 is 0. The monoisotopic (exact) mass is 243 g/mol. The highest BCUT2D eigenvalue weighted by molar-refractivity contribution is 5.11. The van der Waals surface area contributed by atoms with Gasteiger partial charge in [-0.3, -0.25) is 4.68 Å². The average Bonchev–Trinajstić information content (AvgIpc) is 2.55. The minimum absolute atomic E-state index is 0.0945. The molecule has 98 valence electrons. The molecule has 0 saturated heterocycles. The van der Waals surface area contributed by atoms with Crippen molar-refractivity contribution in [3.63, 3.8) is 0 Å². The minimum Gasteiger partial charge on any atom is -0.381 e. The van der Waals surface area contributed by atoms with Crippen molar-refractivity contribution in [3.05, 3.63) is 17.5 Å². The number of hydrogen-bond donors (Lipinski definition) is 1. The number of rotatable bonds is 7. The predicted octanol–water partition coefficient (Wildman–Crippen LogP) is 1.36. The lowest BCUT2D eigenvalue weighted by Crippen LogP contribution is -2.33. The van der Waals surface area contributed by atoms with Crippen molar-refractivity contribution in [2.45, 2.75) is 31.9 Å². The fourth-order valence-corrected chi connectivity index (χ4v) is 2.04. The zero-order valence-corrected chi connectivity index (χ0v) is 10.9. The Morgan fingerprint density at radius 2 is 2.29 bits per heavy atom. The van der Waals surface area contributed by atoms with Gasteiger partial charge in [0.1, 0.15) is 5.67 Å². The van der Waals surface area contributed by atoms with Crippen LogP contribution in [0.25, 0.3) is 0 Å². The fourth-order valence-electron chi connectivity index (χ4n) is 2.04. The Hall–Kier alpha value is -0.940. The molecule has 0 aliphatic heterocycles. The molecular formula is C12H22FN3O. The van der Waals surface area contributed by atoms with Crippen molar-refractivity contribution in [2.75, 3.05) is 20.3 Å². The largest absolute Gasteiger partial charge is 0.381 e. The van der Waals surface area contributed by atoms with Crippen LogP contribution in [0.4, 0.5) is 4.39 Å². The number of hydrogen-bond acceptors (Lipinski definition) is 3. The third kappa shape index (κ3) is 4.09. The van der Waals surface area contributed by atoms with Crippen LogP contribution in [0.2, 0.25) is 0 Å². The van der Waals surface area contributed by atoms with E-state index in [0.29, 0.717) is 25.8 Å². The fraction of sp³-hybridized carbons (Fsp3) is 0.750. The summed E-state index contributed by atoms with van der Waals surface area (Å²) in [6, 6.07) is 1.91. The van der Waals surface area contributed by atoms with Gasteiger partial charge in [-0.1, -0.05) is 0 Å². The molecule has 1 aromatic rings. The third-order valence-electron chi connectivity index (χ3n) is 2.83. The molecule has 4 nitrogen and oxygen atoms in total. The Bertz CT molecular complexity index is 354. The first-order chi connectivity index (χ1) is 8.00. The molecule has 0 spiro atoms. The van der Waals surface area contributed by atoms with Crippen molar-refractivity contribution in [2.24, 2.45) is 12.8 Å². The Labute approximate surface area is 102 Å². The minimum atomic E-state index is -1.35. The number of nitrogens with two attached hydrogens (primary N) is 1. The first kappa shape index (κ1) is 14.1. The number of aromatic nitrogens is 2. The number of halogens is 1. The van der Waals surface area contributed by atoms with E-state index in [1.54, 1.807) is 4.68 Å². The molecule has 0 saturated carbocycles. The van der Waals surface area contributed by atoms with Crippen LogP contribution in [0.5, 0.6) is 0 Å². The van der Waals surface area contributed by atoms with Gasteiger partial charge < -0.3 is 10.5 Å². The van der Waals surface area contributed by atoms with Crippen molar-refractivity contribution in [1.29, 1.82) is 0 Å². The first-order valence-electron chi connectivity index (χ1n) is 5.88. The number of methoxy groups -OCH3 is 1. The third-order valence-corrected chi connectivity index (χ3v) is 2.83. The van der Waals surface area contributed by atoms with E-state index in [1.165, 1.54) is 7.11 Å². The zero-order chi connectivity index (χ0) is 12.9. The molecular weight excluding hydrogens is 221 g/mol. The summed E-state index contributed by atoms with van der Waals surface area (Å²) in [5.74, 6) is 0. The number of nitrogens with zero attached hydrogens (tertiary/aromatic N) is 2. The molecule has 0 amide bonds. The summed E-state index contributed by atoms with van der Waals surface area (Å²) in [6.07, 6.45) is 1.40.